The number of benzene rings is 8. The summed E-state index contributed by atoms with van der Waals surface area (Å²) in [6.45, 7) is 4.74. The van der Waals surface area contributed by atoms with Gasteiger partial charge in [0.25, 0.3) is 0 Å². The van der Waals surface area contributed by atoms with Crippen LogP contribution >= 0.6 is 0 Å². The number of pyridine rings is 1. The van der Waals surface area contributed by atoms with Crippen molar-refractivity contribution in [3.8, 4) is 89.9 Å². The van der Waals surface area contributed by atoms with Crippen LogP contribution in [0.15, 0.2) is 206 Å². The first-order chi connectivity index (χ1) is 30.0. The molecule has 0 atom stereocenters. The first-order valence-corrected chi connectivity index (χ1v) is 20.8. The highest BCUT2D eigenvalue weighted by Crippen LogP contribution is 2.54. The Morgan fingerprint density at radius 2 is 0.887 bits per heavy atom. The third kappa shape index (κ3) is 6.76. The van der Waals surface area contributed by atoms with Crippen molar-refractivity contribution in [2.45, 2.75) is 26.7 Å². The van der Waals surface area contributed by atoms with Crippen LogP contribution in [-0.4, -0.2) is 19.9 Å². The zero-order valence-electron chi connectivity index (χ0n) is 33.9. The summed E-state index contributed by atoms with van der Waals surface area (Å²) in [6, 6.07) is 70.8. The van der Waals surface area contributed by atoms with Gasteiger partial charge in [0.05, 0.1) is 5.69 Å². The van der Waals surface area contributed by atoms with Gasteiger partial charge in [-0.3, -0.25) is 4.98 Å². The summed E-state index contributed by atoms with van der Waals surface area (Å²) in [5.74, 6) is 1.87. The monoisotopic (exact) mass is 796 g/mol. The molecule has 0 spiro atoms. The van der Waals surface area contributed by atoms with Crippen LogP contribution in [0, 0.1) is 0 Å². The molecule has 296 valence electrons. The van der Waals surface area contributed by atoms with Crippen molar-refractivity contribution in [1.82, 2.24) is 19.9 Å². The lowest BCUT2D eigenvalue weighted by molar-refractivity contribution is 0.666. The van der Waals surface area contributed by atoms with Crippen LogP contribution in [0.3, 0.4) is 0 Å². The van der Waals surface area contributed by atoms with Crippen molar-refractivity contribution in [3.05, 3.63) is 218 Å². The maximum absolute atomic E-state index is 5.06. The Kier molecular flexibility index (Phi) is 9.69. The number of rotatable bonds is 7. The first-order valence-electron chi connectivity index (χ1n) is 20.8. The molecule has 11 rings (SSSR count). The highest BCUT2D eigenvalue weighted by atomic mass is 15.0. The van der Waals surface area contributed by atoms with Crippen molar-refractivity contribution in [3.63, 3.8) is 0 Å². The number of hydrogen-bond acceptors (Lipinski definition) is 4. The summed E-state index contributed by atoms with van der Waals surface area (Å²) in [4.78, 5) is 19.6. The van der Waals surface area contributed by atoms with E-state index in [1.54, 1.807) is 0 Å². The standard InChI is InChI=1S/C57H40N4.CH4/c1-57(2)50-25-13-24-47(52(50)49-32-31-37-14-6-7-23-48(37)53(49)57)45-21-11-19-43(35-45)41-17-10-18-42(34-41)44-20-12-22-46(36-44)56-60-54(39-15-4-3-5-16-39)59-55(61-56)40-29-27-38(28-30-40)51-26-8-9-33-58-51;/h3-36H,1-2H3;1H4. The van der Waals surface area contributed by atoms with Gasteiger partial charge in [-0.25, -0.2) is 15.0 Å². The van der Waals surface area contributed by atoms with E-state index in [4.69, 9.17) is 15.0 Å². The highest BCUT2D eigenvalue weighted by molar-refractivity contribution is 6.01. The molecule has 0 amide bonds. The summed E-state index contributed by atoms with van der Waals surface area (Å²) in [7, 11) is 0. The van der Waals surface area contributed by atoms with Crippen molar-refractivity contribution >= 4 is 10.8 Å². The average molecular weight is 797 g/mol. The minimum absolute atomic E-state index is 0. The summed E-state index contributed by atoms with van der Waals surface area (Å²) in [6.07, 6.45) is 1.81. The topological polar surface area (TPSA) is 51.6 Å². The van der Waals surface area contributed by atoms with Gasteiger partial charge in [-0.15, -0.1) is 0 Å². The van der Waals surface area contributed by atoms with E-state index in [-0.39, 0.29) is 12.8 Å². The molecule has 0 bridgehead atoms. The third-order valence-electron chi connectivity index (χ3n) is 12.2. The quantitative estimate of drug-likeness (QED) is 0.161. The Hall–Kier alpha value is -7.82. The van der Waals surface area contributed by atoms with Crippen LogP contribution in [0.25, 0.3) is 101 Å². The molecule has 4 nitrogen and oxygen atoms in total. The highest BCUT2D eigenvalue weighted by Gasteiger charge is 2.38. The third-order valence-corrected chi connectivity index (χ3v) is 12.2. The molecular formula is C58H44N4. The predicted molar refractivity (Wildman–Crippen MR) is 257 cm³/mol. The fourth-order valence-electron chi connectivity index (χ4n) is 9.15. The van der Waals surface area contributed by atoms with E-state index in [1.807, 2.05) is 54.7 Å². The molecular weight excluding hydrogens is 753 g/mol. The van der Waals surface area contributed by atoms with Crippen LogP contribution in [0.1, 0.15) is 32.4 Å². The largest absolute Gasteiger partial charge is 0.256 e. The lowest BCUT2D eigenvalue weighted by atomic mass is 9.80. The van der Waals surface area contributed by atoms with Gasteiger partial charge in [-0.05, 0) is 96.7 Å². The van der Waals surface area contributed by atoms with Crippen LogP contribution in [-0.2, 0) is 5.41 Å². The summed E-state index contributed by atoms with van der Waals surface area (Å²) in [5, 5.41) is 2.62. The molecule has 2 aromatic heterocycles. The van der Waals surface area contributed by atoms with E-state index >= 15 is 0 Å². The molecule has 0 radical (unpaired) electrons. The zero-order valence-corrected chi connectivity index (χ0v) is 33.9. The fraction of sp³-hybridized carbons (Fsp3) is 0.0690. The van der Waals surface area contributed by atoms with Gasteiger partial charge >= 0.3 is 0 Å². The Morgan fingerprint density at radius 3 is 1.56 bits per heavy atom. The maximum atomic E-state index is 5.06. The summed E-state index contributed by atoms with van der Waals surface area (Å²) in [5.41, 5.74) is 17.1. The van der Waals surface area contributed by atoms with Crippen LogP contribution in [0.4, 0.5) is 0 Å². The van der Waals surface area contributed by atoms with Gasteiger partial charge in [-0.2, -0.15) is 0 Å². The van der Waals surface area contributed by atoms with Gasteiger partial charge in [-0.1, -0.05) is 191 Å². The smallest absolute Gasteiger partial charge is 0.164 e. The van der Waals surface area contributed by atoms with Crippen molar-refractivity contribution < 1.29 is 0 Å². The second kappa shape index (κ2) is 15.7. The van der Waals surface area contributed by atoms with Gasteiger partial charge < -0.3 is 0 Å². The lowest BCUT2D eigenvalue weighted by Crippen LogP contribution is -2.15. The Balaban J connectivity index is 0.00000458. The van der Waals surface area contributed by atoms with Crippen LogP contribution in [0.5, 0.6) is 0 Å². The molecule has 0 unspecified atom stereocenters. The minimum atomic E-state index is -0.111. The summed E-state index contributed by atoms with van der Waals surface area (Å²) >= 11 is 0. The predicted octanol–water partition coefficient (Wildman–Crippen LogP) is 15.0. The Morgan fingerprint density at radius 1 is 0.371 bits per heavy atom. The van der Waals surface area contributed by atoms with E-state index < -0.39 is 0 Å². The second-order valence-electron chi connectivity index (χ2n) is 16.3. The average Bonchev–Trinajstić information content (AvgIpc) is 3.58. The molecule has 8 aromatic carbocycles. The van der Waals surface area contributed by atoms with Gasteiger partial charge in [0.15, 0.2) is 17.5 Å². The first kappa shape index (κ1) is 38.4. The second-order valence-corrected chi connectivity index (χ2v) is 16.3. The minimum Gasteiger partial charge on any atom is -0.256 e. The van der Waals surface area contributed by atoms with E-state index in [1.165, 1.54) is 49.7 Å². The molecule has 1 aliphatic rings. The Bertz CT molecular complexity index is 3260. The van der Waals surface area contributed by atoms with E-state index in [9.17, 15) is 0 Å². The fourth-order valence-corrected chi connectivity index (χ4v) is 9.15. The van der Waals surface area contributed by atoms with Crippen molar-refractivity contribution in [1.29, 1.82) is 0 Å². The number of aromatic nitrogens is 4. The molecule has 62 heavy (non-hydrogen) atoms. The van der Waals surface area contributed by atoms with Gasteiger partial charge in [0.2, 0.25) is 0 Å². The molecule has 4 heteroatoms. The van der Waals surface area contributed by atoms with Crippen molar-refractivity contribution in [2.24, 2.45) is 0 Å². The summed E-state index contributed by atoms with van der Waals surface area (Å²) < 4.78 is 0. The van der Waals surface area contributed by atoms with E-state index in [0.717, 1.165) is 44.6 Å². The molecule has 2 heterocycles. The molecule has 1 aliphatic carbocycles. The van der Waals surface area contributed by atoms with Crippen molar-refractivity contribution in [2.75, 3.05) is 0 Å². The maximum Gasteiger partial charge on any atom is 0.164 e. The molecule has 0 saturated carbocycles. The molecule has 0 fully saturated rings. The SMILES string of the molecule is C.CC1(C)c2cccc(-c3cccc(-c4cccc(-c5cccc(-c6nc(-c7ccccc7)nc(-c7ccc(-c8ccccn8)cc7)n6)c5)c4)c3)c2-c2ccc3ccccc3c21. The molecule has 0 saturated heterocycles. The number of fused-ring (bicyclic) bond motifs is 5. The molecule has 0 aliphatic heterocycles. The lowest BCUT2D eigenvalue weighted by Gasteiger charge is -2.23. The van der Waals surface area contributed by atoms with Gasteiger partial charge in [0.1, 0.15) is 0 Å². The van der Waals surface area contributed by atoms with E-state index in [0.29, 0.717) is 17.5 Å². The van der Waals surface area contributed by atoms with Crippen LogP contribution in [0.2, 0.25) is 0 Å². The molecule has 0 N–H and O–H groups in total. The van der Waals surface area contributed by atoms with E-state index in [2.05, 4.69) is 170 Å². The Labute approximate surface area is 363 Å². The van der Waals surface area contributed by atoms with Crippen LogP contribution < -0.4 is 0 Å². The normalized spacial score (nSPS) is 12.4. The zero-order chi connectivity index (χ0) is 40.9. The number of nitrogens with zero attached hydrogens (tertiary/aromatic N) is 4. The number of hydrogen-bond donors (Lipinski definition) is 0. The van der Waals surface area contributed by atoms with Gasteiger partial charge in [0, 0.05) is 33.9 Å². The molecule has 10 aromatic rings.